The van der Waals surface area contributed by atoms with E-state index in [2.05, 4.69) is 17.3 Å². The van der Waals surface area contributed by atoms with Gasteiger partial charge in [-0.3, -0.25) is 14.5 Å². The van der Waals surface area contributed by atoms with Gasteiger partial charge < -0.3 is 5.32 Å². The minimum atomic E-state index is -0.0693. The summed E-state index contributed by atoms with van der Waals surface area (Å²) in [5.74, 6) is 1.43. The molecule has 0 aromatic carbocycles. The highest BCUT2D eigenvalue weighted by molar-refractivity contribution is 5.99. The van der Waals surface area contributed by atoms with Crippen molar-refractivity contribution in [1.82, 2.24) is 15.1 Å². The minimum absolute atomic E-state index is 0.000170. The Morgan fingerprint density at radius 3 is 2.82 bits per heavy atom. The Kier molecular flexibility index (Phi) is 4.18. The lowest BCUT2D eigenvalue weighted by atomic mass is 9.87. The molecule has 0 bridgehead atoms. The molecule has 2 aliphatic rings. The molecule has 22 heavy (non-hydrogen) atoms. The minimum Gasteiger partial charge on any atom is -0.352 e. The third kappa shape index (κ3) is 3.15. The van der Waals surface area contributed by atoms with Crippen LogP contribution in [0, 0.1) is 12.8 Å². The van der Waals surface area contributed by atoms with E-state index in [1.54, 1.807) is 4.90 Å². The van der Waals surface area contributed by atoms with Gasteiger partial charge in [-0.15, -0.1) is 0 Å². The molecule has 6 heteroatoms. The zero-order valence-corrected chi connectivity index (χ0v) is 13.3. The number of amides is 2. The molecule has 3 rings (SSSR count). The lowest BCUT2D eigenvalue weighted by Crippen LogP contribution is -2.47. The molecule has 1 aliphatic heterocycles. The zero-order chi connectivity index (χ0) is 15.7. The van der Waals surface area contributed by atoms with Gasteiger partial charge in [0, 0.05) is 18.5 Å². The van der Waals surface area contributed by atoms with Crippen LogP contribution >= 0.6 is 0 Å². The number of nitrogens with zero attached hydrogens (tertiary/aromatic N) is 3. The van der Waals surface area contributed by atoms with Crippen LogP contribution < -0.4 is 10.2 Å². The standard InChI is InChI=1S/C16H24N4O2/c1-11-3-5-13(6-4-11)17-14(21)10-19-15-9-12(2)18-20(15)8-7-16(19)22/h9,11,13H,3-8,10H2,1-2H3,(H,17,21). The first-order chi connectivity index (χ1) is 10.5. The molecule has 1 aliphatic carbocycles. The van der Waals surface area contributed by atoms with E-state index in [-0.39, 0.29) is 24.4 Å². The largest absolute Gasteiger partial charge is 0.352 e. The van der Waals surface area contributed by atoms with E-state index in [9.17, 15) is 9.59 Å². The van der Waals surface area contributed by atoms with Crippen LogP contribution in [0.5, 0.6) is 0 Å². The van der Waals surface area contributed by atoms with Crippen LogP contribution in [0.2, 0.25) is 0 Å². The van der Waals surface area contributed by atoms with Crippen molar-refractivity contribution < 1.29 is 9.59 Å². The van der Waals surface area contributed by atoms with Gasteiger partial charge in [0.15, 0.2) is 0 Å². The maximum atomic E-state index is 12.3. The van der Waals surface area contributed by atoms with E-state index < -0.39 is 0 Å². The molecule has 0 atom stereocenters. The smallest absolute Gasteiger partial charge is 0.240 e. The van der Waals surface area contributed by atoms with Crippen molar-refractivity contribution in [3.05, 3.63) is 11.8 Å². The van der Waals surface area contributed by atoms with Gasteiger partial charge in [0.1, 0.15) is 12.4 Å². The Morgan fingerprint density at radius 2 is 2.09 bits per heavy atom. The van der Waals surface area contributed by atoms with Crippen LogP contribution in [0.3, 0.4) is 0 Å². The Labute approximate surface area is 130 Å². The Morgan fingerprint density at radius 1 is 1.36 bits per heavy atom. The van der Waals surface area contributed by atoms with Crippen LogP contribution in [0.25, 0.3) is 0 Å². The quantitative estimate of drug-likeness (QED) is 0.923. The molecule has 0 unspecified atom stereocenters. The van der Waals surface area contributed by atoms with Crippen LogP contribution in [0.15, 0.2) is 6.07 Å². The van der Waals surface area contributed by atoms with Gasteiger partial charge in [-0.2, -0.15) is 5.10 Å². The number of fused-ring (bicyclic) bond motifs is 1. The van der Waals surface area contributed by atoms with Crippen molar-refractivity contribution in [1.29, 1.82) is 0 Å². The molecule has 1 fully saturated rings. The van der Waals surface area contributed by atoms with Crippen molar-refractivity contribution >= 4 is 17.6 Å². The summed E-state index contributed by atoms with van der Waals surface area (Å²) in [5, 5.41) is 7.44. The number of carbonyl (C=O) groups is 2. The number of hydrogen-bond donors (Lipinski definition) is 1. The lowest BCUT2D eigenvalue weighted by molar-refractivity contribution is -0.125. The van der Waals surface area contributed by atoms with Crippen molar-refractivity contribution in [2.24, 2.45) is 5.92 Å². The second-order valence-electron chi connectivity index (χ2n) is 6.62. The second kappa shape index (κ2) is 6.10. The molecule has 120 valence electrons. The Bertz CT molecular complexity index is 573. The van der Waals surface area contributed by atoms with E-state index in [4.69, 9.17) is 0 Å². The Balaban J connectivity index is 1.62. The molecule has 0 radical (unpaired) electrons. The predicted octanol–water partition coefficient (Wildman–Crippen LogP) is 1.62. The first-order valence-electron chi connectivity index (χ1n) is 8.17. The van der Waals surface area contributed by atoms with Crippen molar-refractivity contribution in [3.8, 4) is 0 Å². The third-order valence-corrected chi connectivity index (χ3v) is 4.68. The van der Waals surface area contributed by atoms with E-state index in [0.29, 0.717) is 13.0 Å². The fraction of sp³-hybridized carbons (Fsp3) is 0.688. The molecule has 1 saturated carbocycles. The summed E-state index contributed by atoms with van der Waals surface area (Å²) >= 11 is 0. The fourth-order valence-electron chi connectivity index (χ4n) is 3.37. The Hall–Kier alpha value is -1.85. The van der Waals surface area contributed by atoms with Crippen LogP contribution in [-0.4, -0.2) is 34.2 Å². The number of carbonyl (C=O) groups excluding carboxylic acids is 2. The summed E-state index contributed by atoms with van der Waals surface area (Å²) in [6.07, 6.45) is 4.82. The van der Waals surface area contributed by atoms with E-state index in [1.165, 1.54) is 12.8 Å². The number of anilines is 1. The molecule has 0 saturated heterocycles. The summed E-state index contributed by atoms with van der Waals surface area (Å²) in [5.41, 5.74) is 0.872. The highest BCUT2D eigenvalue weighted by Crippen LogP contribution is 2.24. The fourth-order valence-corrected chi connectivity index (χ4v) is 3.37. The summed E-state index contributed by atoms with van der Waals surface area (Å²) in [6.45, 7) is 4.85. The van der Waals surface area contributed by atoms with Crippen LogP contribution in [-0.2, 0) is 16.1 Å². The topological polar surface area (TPSA) is 67.2 Å². The highest BCUT2D eigenvalue weighted by atomic mass is 16.2. The van der Waals surface area contributed by atoms with E-state index >= 15 is 0 Å². The van der Waals surface area contributed by atoms with Gasteiger partial charge >= 0.3 is 0 Å². The number of aryl methyl sites for hydroxylation is 2. The number of hydrogen-bond acceptors (Lipinski definition) is 3. The average molecular weight is 304 g/mol. The van der Waals surface area contributed by atoms with Gasteiger partial charge in [-0.05, 0) is 38.5 Å². The molecule has 1 aromatic heterocycles. The third-order valence-electron chi connectivity index (χ3n) is 4.68. The average Bonchev–Trinajstić information content (AvgIpc) is 2.85. The number of rotatable bonds is 3. The van der Waals surface area contributed by atoms with Gasteiger partial charge in [0.05, 0.1) is 12.2 Å². The first kappa shape index (κ1) is 15.1. The molecule has 2 heterocycles. The van der Waals surface area contributed by atoms with Crippen molar-refractivity contribution in [2.45, 2.75) is 58.5 Å². The molecule has 1 aromatic rings. The molecular formula is C16H24N4O2. The summed E-state index contributed by atoms with van der Waals surface area (Å²) in [7, 11) is 0. The summed E-state index contributed by atoms with van der Waals surface area (Å²) in [6, 6.07) is 2.13. The van der Waals surface area contributed by atoms with E-state index in [0.717, 1.165) is 30.3 Å². The summed E-state index contributed by atoms with van der Waals surface area (Å²) < 4.78 is 1.81. The maximum absolute atomic E-state index is 12.3. The molecule has 0 spiro atoms. The van der Waals surface area contributed by atoms with Gasteiger partial charge in [-0.1, -0.05) is 6.92 Å². The SMILES string of the molecule is Cc1cc2n(n1)CCC(=O)N2CC(=O)NC1CCC(C)CC1. The highest BCUT2D eigenvalue weighted by Gasteiger charge is 2.28. The van der Waals surface area contributed by atoms with Gasteiger partial charge in [0.2, 0.25) is 11.8 Å². The van der Waals surface area contributed by atoms with Gasteiger partial charge in [-0.25, -0.2) is 4.68 Å². The lowest BCUT2D eigenvalue weighted by Gasteiger charge is -2.30. The molecular weight excluding hydrogens is 280 g/mol. The van der Waals surface area contributed by atoms with Crippen molar-refractivity contribution in [3.63, 3.8) is 0 Å². The zero-order valence-electron chi connectivity index (χ0n) is 13.3. The van der Waals surface area contributed by atoms with Crippen molar-refractivity contribution in [2.75, 3.05) is 11.4 Å². The molecule has 6 nitrogen and oxygen atoms in total. The van der Waals surface area contributed by atoms with Crippen LogP contribution in [0.4, 0.5) is 5.82 Å². The summed E-state index contributed by atoms with van der Waals surface area (Å²) in [4.78, 5) is 26.0. The molecule has 2 amide bonds. The maximum Gasteiger partial charge on any atom is 0.240 e. The second-order valence-corrected chi connectivity index (χ2v) is 6.62. The number of aromatic nitrogens is 2. The van der Waals surface area contributed by atoms with Gasteiger partial charge in [0.25, 0.3) is 0 Å². The molecule has 1 N–H and O–H groups in total. The number of nitrogens with one attached hydrogen (secondary N) is 1. The van der Waals surface area contributed by atoms with Crippen LogP contribution in [0.1, 0.15) is 44.7 Å². The monoisotopic (exact) mass is 304 g/mol. The normalized spacial score (nSPS) is 25.0. The van der Waals surface area contributed by atoms with E-state index in [1.807, 2.05) is 17.7 Å². The first-order valence-corrected chi connectivity index (χ1v) is 8.17. The predicted molar refractivity (Wildman–Crippen MR) is 83.5 cm³/mol.